The minimum Gasteiger partial charge on any atom is -0.293 e. The molecule has 0 heterocycles. The molecule has 1 aliphatic carbocycles. The maximum Gasteiger partial charge on any atom is 0.179 e. The summed E-state index contributed by atoms with van der Waals surface area (Å²) in [5, 5.41) is 0. The molecule has 54 valence electrons. The molecule has 0 unspecified atom stereocenters. The van der Waals surface area contributed by atoms with Gasteiger partial charge in [-0.3, -0.25) is 4.79 Å². The number of carbonyl (C=O) groups excluding carboxylic acids is 1. The average molecular weight is 201 g/mol. The predicted molar refractivity (Wildman–Crippen MR) is 44.9 cm³/mol. The van der Waals surface area contributed by atoms with Crippen LogP contribution in [0.25, 0.3) is 0 Å². The third-order valence-corrected chi connectivity index (χ3v) is 2.18. The highest BCUT2D eigenvalue weighted by Gasteiger charge is 2.27. The lowest BCUT2D eigenvalue weighted by atomic mass is 9.85. The van der Waals surface area contributed by atoms with Crippen LogP contribution in [0.15, 0.2) is 22.7 Å². The Labute approximate surface area is 68.9 Å². The zero-order valence-corrected chi connectivity index (χ0v) is 7.60. The molecule has 0 saturated heterocycles. The lowest BCUT2D eigenvalue weighted by Gasteiger charge is -2.20. The van der Waals surface area contributed by atoms with E-state index in [-0.39, 0.29) is 11.2 Å². The highest BCUT2D eigenvalue weighted by molar-refractivity contribution is 9.12. The first-order valence-corrected chi connectivity index (χ1v) is 3.93. The molecule has 1 nitrogen and oxygen atoms in total. The maximum absolute atomic E-state index is 11.3. The van der Waals surface area contributed by atoms with Crippen LogP contribution in [0.3, 0.4) is 0 Å². The standard InChI is InChI=1S/C8H9BrO/c1-8(2)5-3-4-6(9)7(8)10/h3-5H,1-2H3. The molecular weight excluding hydrogens is 192 g/mol. The van der Waals surface area contributed by atoms with Crippen molar-refractivity contribution in [3.05, 3.63) is 22.7 Å². The SMILES string of the molecule is CC1(C)C=CC=C(Br)C1=O. The Balaban J connectivity index is 3.01. The molecule has 0 N–H and O–H groups in total. The van der Waals surface area contributed by atoms with Gasteiger partial charge in [0.05, 0.1) is 4.48 Å². The molecule has 0 aromatic rings. The lowest BCUT2D eigenvalue weighted by Crippen LogP contribution is -2.23. The van der Waals surface area contributed by atoms with Gasteiger partial charge in [0.2, 0.25) is 0 Å². The van der Waals surface area contributed by atoms with Crippen LogP contribution < -0.4 is 0 Å². The van der Waals surface area contributed by atoms with Gasteiger partial charge in [-0.15, -0.1) is 0 Å². The molecular formula is C8H9BrO. The Morgan fingerprint density at radius 2 is 2.10 bits per heavy atom. The number of halogens is 1. The number of hydrogen-bond donors (Lipinski definition) is 0. The summed E-state index contributed by atoms with van der Waals surface area (Å²) >= 11 is 3.19. The van der Waals surface area contributed by atoms with E-state index in [0.717, 1.165) is 0 Å². The van der Waals surface area contributed by atoms with Gasteiger partial charge in [0.25, 0.3) is 0 Å². The highest BCUT2D eigenvalue weighted by atomic mass is 79.9. The number of ketones is 1. The fourth-order valence-electron chi connectivity index (χ4n) is 0.832. The Bertz CT molecular complexity index is 223. The molecule has 0 bridgehead atoms. The van der Waals surface area contributed by atoms with Gasteiger partial charge in [-0.2, -0.15) is 0 Å². The normalized spacial score (nSPS) is 22.7. The summed E-state index contributed by atoms with van der Waals surface area (Å²) in [5.74, 6) is 0.148. The third kappa shape index (κ3) is 1.21. The van der Waals surface area contributed by atoms with Crippen LogP contribution in [0.4, 0.5) is 0 Å². The van der Waals surface area contributed by atoms with E-state index in [1.54, 1.807) is 6.08 Å². The first-order chi connectivity index (χ1) is 4.54. The zero-order valence-electron chi connectivity index (χ0n) is 6.02. The van der Waals surface area contributed by atoms with Gasteiger partial charge < -0.3 is 0 Å². The van der Waals surface area contributed by atoms with Crippen molar-refractivity contribution in [2.75, 3.05) is 0 Å². The van der Waals surface area contributed by atoms with Crippen molar-refractivity contribution in [2.24, 2.45) is 5.41 Å². The van der Waals surface area contributed by atoms with Crippen LogP contribution >= 0.6 is 15.9 Å². The van der Waals surface area contributed by atoms with E-state index < -0.39 is 0 Å². The van der Waals surface area contributed by atoms with Crippen LogP contribution in [-0.2, 0) is 4.79 Å². The topological polar surface area (TPSA) is 17.1 Å². The Hall–Kier alpha value is -0.370. The summed E-state index contributed by atoms with van der Waals surface area (Å²) in [5.41, 5.74) is -0.326. The van der Waals surface area contributed by atoms with Crippen molar-refractivity contribution in [1.82, 2.24) is 0 Å². The van der Waals surface area contributed by atoms with Gasteiger partial charge in [-0.1, -0.05) is 12.2 Å². The highest BCUT2D eigenvalue weighted by Crippen LogP contribution is 2.28. The molecule has 0 amide bonds. The van der Waals surface area contributed by atoms with E-state index >= 15 is 0 Å². The summed E-state index contributed by atoms with van der Waals surface area (Å²) < 4.78 is 0.667. The minimum atomic E-state index is -0.326. The van der Waals surface area contributed by atoms with Crippen LogP contribution in [0.1, 0.15) is 13.8 Å². The monoisotopic (exact) mass is 200 g/mol. The molecule has 0 saturated carbocycles. The Morgan fingerprint density at radius 3 is 2.50 bits per heavy atom. The molecule has 0 aliphatic heterocycles. The summed E-state index contributed by atoms with van der Waals surface area (Å²) in [6.45, 7) is 3.81. The van der Waals surface area contributed by atoms with E-state index in [1.165, 1.54) is 0 Å². The molecule has 0 radical (unpaired) electrons. The number of hydrogen-bond acceptors (Lipinski definition) is 1. The van der Waals surface area contributed by atoms with Crippen molar-refractivity contribution in [2.45, 2.75) is 13.8 Å². The largest absolute Gasteiger partial charge is 0.293 e. The number of Topliss-reactive ketones (excluding diaryl/α,β-unsaturated/α-hetero) is 1. The van der Waals surface area contributed by atoms with E-state index in [2.05, 4.69) is 15.9 Å². The molecule has 1 rings (SSSR count). The van der Waals surface area contributed by atoms with Gasteiger partial charge in [0, 0.05) is 5.41 Å². The van der Waals surface area contributed by atoms with Gasteiger partial charge in [0.1, 0.15) is 0 Å². The van der Waals surface area contributed by atoms with Crippen molar-refractivity contribution in [1.29, 1.82) is 0 Å². The van der Waals surface area contributed by atoms with Gasteiger partial charge in [-0.05, 0) is 35.9 Å². The van der Waals surface area contributed by atoms with E-state index in [0.29, 0.717) is 4.48 Å². The molecule has 0 aromatic heterocycles. The maximum atomic E-state index is 11.3. The fraction of sp³-hybridized carbons (Fsp3) is 0.375. The molecule has 0 spiro atoms. The molecule has 0 fully saturated rings. The van der Waals surface area contributed by atoms with E-state index in [4.69, 9.17) is 0 Å². The van der Waals surface area contributed by atoms with Crippen molar-refractivity contribution in [3.63, 3.8) is 0 Å². The van der Waals surface area contributed by atoms with Gasteiger partial charge in [0.15, 0.2) is 5.78 Å². The predicted octanol–water partition coefficient (Wildman–Crippen LogP) is 2.43. The molecule has 1 aliphatic rings. The van der Waals surface area contributed by atoms with Gasteiger partial charge in [-0.25, -0.2) is 0 Å². The molecule has 10 heavy (non-hydrogen) atoms. The first kappa shape index (κ1) is 7.73. The summed E-state index contributed by atoms with van der Waals surface area (Å²) in [4.78, 5) is 11.3. The van der Waals surface area contributed by atoms with Crippen LogP contribution in [0.5, 0.6) is 0 Å². The minimum absolute atomic E-state index is 0.148. The van der Waals surface area contributed by atoms with E-state index in [1.807, 2.05) is 26.0 Å². The van der Waals surface area contributed by atoms with Crippen LogP contribution in [0, 0.1) is 5.41 Å². The van der Waals surface area contributed by atoms with Crippen molar-refractivity contribution in [3.8, 4) is 0 Å². The van der Waals surface area contributed by atoms with Gasteiger partial charge >= 0.3 is 0 Å². The third-order valence-electron chi connectivity index (χ3n) is 1.56. The van der Waals surface area contributed by atoms with Crippen molar-refractivity contribution < 1.29 is 4.79 Å². The summed E-state index contributed by atoms with van der Waals surface area (Å²) in [6, 6.07) is 0. The fourth-order valence-corrected chi connectivity index (χ4v) is 1.50. The average Bonchev–Trinajstić information content (AvgIpc) is 1.83. The van der Waals surface area contributed by atoms with E-state index in [9.17, 15) is 4.79 Å². The molecule has 0 atom stereocenters. The number of rotatable bonds is 0. The zero-order chi connectivity index (χ0) is 7.78. The van der Waals surface area contributed by atoms with Crippen LogP contribution in [0.2, 0.25) is 0 Å². The first-order valence-electron chi connectivity index (χ1n) is 3.14. The Kier molecular flexibility index (Phi) is 1.82. The van der Waals surface area contributed by atoms with Crippen molar-refractivity contribution >= 4 is 21.7 Å². The second-order valence-corrected chi connectivity index (χ2v) is 3.78. The second-order valence-electron chi connectivity index (χ2n) is 2.92. The number of carbonyl (C=O) groups is 1. The quantitative estimate of drug-likeness (QED) is 0.588. The molecule has 0 aromatic carbocycles. The molecule has 2 heteroatoms. The Morgan fingerprint density at radius 1 is 1.50 bits per heavy atom. The lowest BCUT2D eigenvalue weighted by molar-refractivity contribution is -0.120. The smallest absolute Gasteiger partial charge is 0.179 e. The summed E-state index contributed by atoms with van der Waals surface area (Å²) in [7, 11) is 0. The van der Waals surface area contributed by atoms with Crippen LogP contribution in [-0.4, -0.2) is 5.78 Å². The second kappa shape index (κ2) is 2.35. The summed E-state index contributed by atoms with van der Waals surface area (Å²) in [6.07, 6.45) is 5.57. The number of allylic oxidation sites excluding steroid dienone is 4.